The topological polar surface area (TPSA) is 92.4 Å². The first-order chi connectivity index (χ1) is 11.5. The monoisotopic (exact) mass is 331 g/mol. The van der Waals surface area contributed by atoms with Crippen LogP contribution < -0.4 is 10.6 Å². The van der Waals surface area contributed by atoms with Crippen molar-refractivity contribution in [3.05, 3.63) is 17.6 Å². The first-order valence-corrected chi connectivity index (χ1v) is 8.62. The second-order valence-electron chi connectivity index (χ2n) is 6.77. The molecule has 7 heteroatoms. The molecule has 3 rings (SSSR count). The van der Waals surface area contributed by atoms with E-state index in [-0.39, 0.29) is 17.7 Å². The average molecular weight is 331 g/mol. The number of carbonyl (C=O) groups excluding carboxylic acids is 2. The number of nitrogens with two attached hydrogens (primary N) is 1. The number of likely N-dealkylation sites (tertiary alicyclic amines) is 1. The first-order valence-electron chi connectivity index (χ1n) is 8.62. The van der Waals surface area contributed by atoms with E-state index in [1.807, 2.05) is 13.8 Å². The van der Waals surface area contributed by atoms with Crippen molar-refractivity contribution in [2.75, 3.05) is 24.5 Å². The van der Waals surface area contributed by atoms with E-state index in [0.717, 1.165) is 49.6 Å². The maximum absolute atomic E-state index is 12.8. The van der Waals surface area contributed by atoms with Crippen molar-refractivity contribution in [2.45, 2.75) is 45.6 Å². The van der Waals surface area contributed by atoms with Gasteiger partial charge >= 0.3 is 0 Å². The number of primary amides is 1. The number of piperidine rings is 1. The number of carbonyl (C=O) groups is 2. The van der Waals surface area contributed by atoms with Crippen molar-refractivity contribution < 1.29 is 9.59 Å². The van der Waals surface area contributed by atoms with Gasteiger partial charge in [0.25, 0.3) is 0 Å². The SMILES string of the molecule is Cc1cnc(C)c(N2CCC(C(=O)N3CCC[C@H]3C(N)=O)CC2)n1. The Morgan fingerprint density at radius 3 is 2.54 bits per heavy atom. The minimum Gasteiger partial charge on any atom is -0.368 e. The third-order valence-electron chi connectivity index (χ3n) is 5.06. The van der Waals surface area contributed by atoms with Gasteiger partial charge in [0, 0.05) is 31.7 Å². The average Bonchev–Trinajstić information content (AvgIpc) is 3.06. The van der Waals surface area contributed by atoms with Crippen molar-refractivity contribution in [1.29, 1.82) is 0 Å². The molecule has 2 N–H and O–H groups in total. The second kappa shape index (κ2) is 6.75. The van der Waals surface area contributed by atoms with Gasteiger partial charge in [0.2, 0.25) is 11.8 Å². The van der Waals surface area contributed by atoms with Crippen LogP contribution in [0.3, 0.4) is 0 Å². The lowest BCUT2D eigenvalue weighted by atomic mass is 9.94. The van der Waals surface area contributed by atoms with Crippen LogP contribution >= 0.6 is 0 Å². The molecule has 0 unspecified atom stereocenters. The summed E-state index contributed by atoms with van der Waals surface area (Å²) in [6, 6.07) is -0.416. The third kappa shape index (κ3) is 3.20. The number of anilines is 1. The van der Waals surface area contributed by atoms with E-state index >= 15 is 0 Å². The van der Waals surface area contributed by atoms with Crippen LogP contribution in [0, 0.1) is 19.8 Å². The number of hydrogen-bond acceptors (Lipinski definition) is 5. The van der Waals surface area contributed by atoms with Crippen molar-refractivity contribution in [3.8, 4) is 0 Å². The largest absolute Gasteiger partial charge is 0.368 e. The van der Waals surface area contributed by atoms with Crippen LogP contribution in [0.15, 0.2) is 6.20 Å². The summed E-state index contributed by atoms with van der Waals surface area (Å²) >= 11 is 0. The molecule has 130 valence electrons. The summed E-state index contributed by atoms with van der Waals surface area (Å²) in [6.45, 7) is 6.11. The molecular formula is C17H25N5O2. The molecule has 2 aliphatic rings. The summed E-state index contributed by atoms with van der Waals surface area (Å²) in [5.41, 5.74) is 7.24. The normalized spacial score (nSPS) is 22.0. The van der Waals surface area contributed by atoms with E-state index in [2.05, 4.69) is 14.9 Å². The van der Waals surface area contributed by atoms with E-state index in [0.29, 0.717) is 13.0 Å². The molecule has 2 saturated heterocycles. The highest BCUT2D eigenvalue weighted by Crippen LogP contribution is 2.27. The molecule has 2 aliphatic heterocycles. The lowest BCUT2D eigenvalue weighted by molar-refractivity contribution is -0.141. The maximum Gasteiger partial charge on any atom is 0.240 e. The van der Waals surface area contributed by atoms with Gasteiger partial charge in [-0.25, -0.2) is 4.98 Å². The van der Waals surface area contributed by atoms with Crippen molar-refractivity contribution >= 4 is 17.6 Å². The van der Waals surface area contributed by atoms with Gasteiger partial charge in [-0.2, -0.15) is 0 Å². The zero-order valence-corrected chi connectivity index (χ0v) is 14.4. The Kier molecular flexibility index (Phi) is 4.69. The van der Waals surface area contributed by atoms with Crippen LogP contribution in [-0.2, 0) is 9.59 Å². The molecule has 1 atom stereocenters. The Morgan fingerprint density at radius 2 is 1.88 bits per heavy atom. The summed E-state index contributed by atoms with van der Waals surface area (Å²) in [4.78, 5) is 37.1. The van der Waals surface area contributed by atoms with Crippen molar-refractivity contribution in [1.82, 2.24) is 14.9 Å². The highest BCUT2D eigenvalue weighted by molar-refractivity contribution is 5.88. The van der Waals surface area contributed by atoms with Crippen LogP contribution in [0.4, 0.5) is 5.82 Å². The Morgan fingerprint density at radius 1 is 1.17 bits per heavy atom. The minimum absolute atomic E-state index is 0.0284. The van der Waals surface area contributed by atoms with Gasteiger partial charge in [0.15, 0.2) is 0 Å². The molecule has 0 aromatic carbocycles. The number of aromatic nitrogens is 2. The molecule has 1 aromatic rings. The molecule has 2 amide bonds. The number of nitrogens with zero attached hydrogens (tertiary/aromatic N) is 4. The van der Waals surface area contributed by atoms with Gasteiger partial charge in [-0.3, -0.25) is 14.6 Å². The smallest absolute Gasteiger partial charge is 0.240 e. The summed E-state index contributed by atoms with van der Waals surface area (Å²) in [5, 5.41) is 0. The van der Waals surface area contributed by atoms with Gasteiger partial charge in [0.1, 0.15) is 11.9 Å². The zero-order chi connectivity index (χ0) is 17.3. The van der Waals surface area contributed by atoms with Crippen LogP contribution in [0.1, 0.15) is 37.1 Å². The third-order valence-corrected chi connectivity index (χ3v) is 5.06. The van der Waals surface area contributed by atoms with Gasteiger partial charge in [-0.1, -0.05) is 0 Å². The van der Waals surface area contributed by atoms with E-state index in [1.54, 1.807) is 11.1 Å². The summed E-state index contributed by atoms with van der Waals surface area (Å²) < 4.78 is 0. The molecule has 0 aliphatic carbocycles. The number of hydrogen-bond donors (Lipinski definition) is 1. The van der Waals surface area contributed by atoms with E-state index < -0.39 is 6.04 Å². The molecule has 7 nitrogen and oxygen atoms in total. The molecule has 0 bridgehead atoms. The molecule has 24 heavy (non-hydrogen) atoms. The number of amides is 2. The summed E-state index contributed by atoms with van der Waals surface area (Å²) in [7, 11) is 0. The zero-order valence-electron chi connectivity index (χ0n) is 14.4. The predicted molar refractivity (Wildman–Crippen MR) is 90.4 cm³/mol. The summed E-state index contributed by atoms with van der Waals surface area (Å²) in [6.07, 6.45) is 4.87. The molecule has 0 spiro atoms. The molecule has 2 fully saturated rings. The van der Waals surface area contributed by atoms with Gasteiger partial charge in [0.05, 0.1) is 11.4 Å². The van der Waals surface area contributed by atoms with E-state index in [9.17, 15) is 9.59 Å². The lowest BCUT2D eigenvalue weighted by Gasteiger charge is -2.35. The van der Waals surface area contributed by atoms with Crippen LogP contribution in [-0.4, -0.2) is 52.4 Å². The minimum atomic E-state index is -0.416. The predicted octanol–water partition coefficient (Wildman–Crippen LogP) is 0.786. The van der Waals surface area contributed by atoms with Gasteiger partial charge in [-0.05, 0) is 39.5 Å². The van der Waals surface area contributed by atoms with Crippen molar-refractivity contribution in [2.24, 2.45) is 11.7 Å². The van der Waals surface area contributed by atoms with Gasteiger partial charge < -0.3 is 15.5 Å². The van der Waals surface area contributed by atoms with E-state index in [1.165, 1.54) is 0 Å². The highest BCUT2D eigenvalue weighted by atomic mass is 16.2. The van der Waals surface area contributed by atoms with Gasteiger partial charge in [-0.15, -0.1) is 0 Å². The quantitative estimate of drug-likeness (QED) is 0.884. The lowest BCUT2D eigenvalue weighted by Crippen LogP contribution is -2.48. The highest BCUT2D eigenvalue weighted by Gasteiger charge is 2.37. The second-order valence-corrected chi connectivity index (χ2v) is 6.77. The molecule has 3 heterocycles. The Hall–Kier alpha value is -2.18. The standard InChI is InChI=1S/C17H25N5O2/c1-11-10-19-12(2)16(20-11)21-8-5-13(6-9-21)17(24)22-7-3-4-14(22)15(18)23/h10,13-14H,3-9H2,1-2H3,(H2,18,23)/t14-/m0/s1. The number of rotatable bonds is 3. The molecule has 0 radical (unpaired) electrons. The number of aryl methyl sites for hydroxylation is 2. The van der Waals surface area contributed by atoms with Crippen molar-refractivity contribution in [3.63, 3.8) is 0 Å². The Labute approximate surface area is 142 Å². The fourth-order valence-corrected chi connectivity index (χ4v) is 3.72. The fourth-order valence-electron chi connectivity index (χ4n) is 3.72. The van der Waals surface area contributed by atoms with Crippen LogP contribution in [0.5, 0.6) is 0 Å². The Balaban J connectivity index is 1.63. The molecule has 0 saturated carbocycles. The van der Waals surface area contributed by atoms with E-state index in [4.69, 9.17) is 5.73 Å². The maximum atomic E-state index is 12.8. The first kappa shape index (κ1) is 16.7. The molecular weight excluding hydrogens is 306 g/mol. The Bertz CT molecular complexity index is 640. The molecule has 1 aromatic heterocycles. The van der Waals surface area contributed by atoms with Crippen LogP contribution in [0.25, 0.3) is 0 Å². The van der Waals surface area contributed by atoms with Crippen LogP contribution in [0.2, 0.25) is 0 Å². The fraction of sp³-hybridized carbons (Fsp3) is 0.647. The summed E-state index contributed by atoms with van der Waals surface area (Å²) in [5.74, 6) is 0.586.